The Kier molecular flexibility index (Phi) is 3.93. The lowest BCUT2D eigenvalue weighted by Crippen LogP contribution is -2.44. The molecule has 0 unspecified atom stereocenters. The van der Waals surface area contributed by atoms with Crippen LogP contribution in [0.3, 0.4) is 0 Å². The van der Waals surface area contributed by atoms with Gasteiger partial charge in [-0.15, -0.1) is 0 Å². The Morgan fingerprint density at radius 1 is 1.28 bits per heavy atom. The summed E-state index contributed by atoms with van der Waals surface area (Å²) in [5, 5.41) is 16.8. The van der Waals surface area contributed by atoms with Crippen LogP contribution in [0.15, 0.2) is 43.0 Å². The highest BCUT2D eigenvalue weighted by Gasteiger charge is 2.23. The standard InChI is InChI=1S/C17H18N6O2/c24-17(25)22-6-3-4-12(11-22)20-16-10-18-9-14(21-16)13-8-19-23-7-2-1-5-15(13)23/h1-2,5,7-10,12H,3-4,6,11H2,(H,20,21)(H,24,25)/t12-/m1/s1. The Bertz CT molecular complexity index is 909. The van der Waals surface area contributed by atoms with E-state index in [-0.39, 0.29) is 6.04 Å². The van der Waals surface area contributed by atoms with Crippen molar-refractivity contribution in [2.45, 2.75) is 18.9 Å². The third-order valence-corrected chi connectivity index (χ3v) is 4.38. The first-order chi connectivity index (χ1) is 12.2. The van der Waals surface area contributed by atoms with Crippen LogP contribution in [0, 0.1) is 0 Å². The van der Waals surface area contributed by atoms with Crippen molar-refractivity contribution < 1.29 is 9.90 Å². The fourth-order valence-electron chi connectivity index (χ4n) is 3.18. The van der Waals surface area contributed by atoms with Gasteiger partial charge in [-0.3, -0.25) is 4.98 Å². The highest BCUT2D eigenvalue weighted by molar-refractivity contribution is 5.77. The Labute approximate surface area is 144 Å². The van der Waals surface area contributed by atoms with Gasteiger partial charge in [0, 0.05) is 30.9 Å². The van der Waals surface area contributed by atoms with E-state index in [0.29, 0.717) is 18.9 Å². The van der Waals surface area contributed by atoms with Gasteiger partial charge in [0.1, 0.15) is 5.82 Å². The van der Waals surface area contributed by atoms with Crippen LogP contribution in [0.2, 0.25) is 0 Å². The number of carbonyl (C=O) groups is 1. The van der Waals surface area contributed by atoms with Gasteiger partial charge in [-0.05, 0) is 25.0 Å². The van der Waals surface area contributed by atoms with Crippen LogP contribution in [0.4, 0.5) is 10.6 Å². The number of likely N-dealkylation sites (tertiary alicyclic amines) is 1. The van der Waals surface area contributed by atoms with Gasteiger partial charge in [-0.1, -0.05) is 6.07 Å². The van der Waals surface area contributed by atoms with Crippen LogP contribution in [0.25, 0.3) is 16.8 Å². The summed E-state index contributed by atoms with van der Waals surface area (Å²) in [4.78, 5) is 21.5. The lowest BCUT2D eigenvalue weighted by molar-refractivity contribution is 0.133. The molecule has 0 spiro atoms. The zero-order valence-electron chi connectivity index (χ0n) is 13.5. The van der Waals surface area contributed by atoms with Crippen molar-refractivity contribution in [2.24, 2.45) is 0 Å². The van der Waals surface area contributed by atoms with E-state index in [1.165, 1.54) is 4.90 Å². The van der Waals surface area contributed by atoms with Crippen LogP contribution >= 0.6 is 0 Å². The van der Waals surface area contributed by atoms with Gasteiger partial charge < -0.3 is 15.3 Å². The molecule has 4 heterocycles. The van der Waals surface area contributed by atoms with Crippen LogP contribution in [-0.2, 0) is 0 Å². The van der Waals surface area contributed by atoms with E-state index in [4.69, 9.17) is 5.11 Å². The van der Waals surface area contributed by atoms with Gasteiger partial charge in [-0.2, -0.15) is 5.10 Å². The molecule has 0 bridgehead atoms. The topological polar surface area (TPSA) is 95.7 Å². The third kappa shape index (κ3) is 3.10. The summed E-state index contributed by atoms with van der Waals surface area (Å²) >= 11 is 0. The van der Waals surface area contributed by atoms with Crippen molar-refractivity contribution in [1.29, 1.82) is 0 Å². The second kappa shape index (κ2) is 6.39. The molecule has 0 radical (unpaired) electrons. The van der Waals surface area contributed by atoms with Crippen LogP contribution in [0.1, 0.15) is 12.8 Å². The molecule has 1 amide bonds. The molecule has 0 aliphatic carbocycles. The first-order valence-corrected chi connectivity index (χ1v) is 8.20. The molecule has 3 aromatic rings. The van der Waals surface area contributed by atoms with Gasteiger partial charge in [0.25, 0.3) is 0 Å². The van der Waals surface area contributed by atoms with Crippen molar-refractivity contribution >= 4 is 17.4 Å². The zero-order valence-corrected chi connectivity index (χ0v) is 13.5. The second-order valence-corrected chi connectivity index (χ2v) is 6.09. The Hall–Kier alpha value is -3.16. The first-order valence-electron chi connectivity index (χ1n) is 8.20. The number of carboxylic acid groups (broad SMARTS) is 1. The molecule has 0 saturated carbocycles. The van der Waals surface area contributed by atoms with Crippen molar-refractivity contribution in [3.63, 3.8) is 0 Å². The number of hydrogen-bond acceptors (Lipinski definition) is 5. The van der Waals surface area contributed by atoms with E-state index in [9.17, 15) is 4.79 Å². The number of aromatic nitrogens is 4. The minimum absolute atomic E-state index is 0.0401. The number of pyridine rings is 1. The molecule has 8 heteroatoms. The van der Waals surface area contributed by atoms with Crippen molar-refractivity contribution in [2.75, 3.05) is 18.4 Å². The average Bonchev–Trinajstić information content (AvgIpc) is 3.06. The Morgan fingerprint density at radius 2 is 2.20 bits per heavy atom. The van der Waals surface area contributed by atoms with Crippen molar-refractivity contribution in [3.8, 4) is 11.3 Å². The number of rotatable bonds is 3. The summed E-state index contributed by atoms with van der Waals surface area (Å²) in [7, 11) is 0. The van der Waals surface area contributed by atoms with Crippen molar-refractivity contribution in [3.05, 3.63) is 43.0 Å². The summed E-state index contributed by atoms with van der Waals surface area (Å²) < 4.78 is 1.79. The maximum Gasteiger partial charge on any atom is 0.407 e. The highest BCUT2D eigenvalue weighted by atomic mass is 16.4. The second-order valence-electron chi connectivity index (χ2n) is 6.09. The molecule has 4 rings (SSSR count). The molecule has 1 aliphatic rings. The summed E-state index contributed by atoms with van der Waals surface area (Å²) in [6.45, 7) is 1.04. The quantitative estimate of drug-likeness (QED) is 0.761. The normalized spacial score (nSPS) is 17.6. The molecule has 128 valence electrons. The minimum atomic E-state index is -0.877. The number of piperidine rings is 1. The SMILES string of the molecule is O=C(O)N1CCC[C@@H](Nc2cncc(-c3cnn4ccccc34)n2)C1. The van der Waals surface area contributed by atoms with E-state index in [1.807, 2.05) is 24.4 Å². The van der Waals surface area contributed by atoms with Crippen LogP contribution in [-0.4, -0.2) is 54.8 Å². The molecule has 0 aromatic carbocycles. The largest absolute Gasteiger partial charge is 0.465 e. The molecule has 1 atom stereocenters. The summed E-state index contributed by atoms with van der Waals surface area (Å²) in [5.41, 5.74) is 2.60. The van der Waals surface area contributed by atoms with E-state index < -0.39 is 6.09 Å². The van der Waals surface area contributed by atoms with Gasteiger partial charge >= 0.3 is 6.09 Å². The molecule has 2 N–H and O–H groups in total. The number of nitrogens with one attached hydrogen (secondary N) is 1. The van der Waals surface area contributed by atoms with Crippen molar-refractivity contribution in [1.82, 2.24) is 24.5 Å². The maximum atomic E-state index is 11.1. The monoisotopic (exact) mass is 338 g/mol. The smallest absolute Gasteiger partial charge is 0.407 e. The average molecular weight is 338 g/mol. The van der Waals surface area contributed by atoms with E-state index in [0.717, 1.165) is 29.6 Å². The fraction of sp³-hybridized carbons (Fsp3) is 0.294. The molecular weight excluding hydrogens is 320 g/mol. The van der Waals surface area contributed by atoms with Gasteiger partial charge in [0.2, 0.25) is 0 Å². The predicted octanol–water partition coefficient (Wildman–Crippen LogP) is 2.35. The number of hydrogen-bond donors (Lipinski definition) is 2. The summed E-state index contributed by atoms with van der Waals surface area (Å²) in [5.74, 6) is 0.644. The van der Waals surface area contributed by atoms with E-state index in [2.05, 4.69) is 20.4 Å². The summed E-state index contributed by atoms with van der Waals surface area (Å²) in [6.07, 6.45) is 7.90. The number of nitrogens with zero attached hydrogens (tertiary/aromatic N) is 5. The molecule has 1 aliphatic heterocycles. The van der Waals surface area contributed by atoms with E-state index in [1.54, 1.807) is 23.1 Å². The minimum Gasteiger partial charge on any atom is -0.465 e. The summed E-state index contributed by atoms with van der Waals surface area (Å²) in [6, 6.07) is 5.90. The Balaban J connectivity index is 1.56. The van der Waals surface area contributed by atoms with Gasteiger partial charge in [0.15, 0.2) is 0 Å². The number of fused-ring (bicyclic) bond motifs is 1. The van der Waals surface area contributed by atoms with Crippen LogP contribution in [0.5, 0.6) is 0 Å². The number of anilines is 1. The molecule has 1 saturated heterocycles. The molecule has 3 aromatic heterocycles. The van der Waals surface area contributed by atoms with E-state index >= 15 is 0 Å². The lowest BCUT2D eigenvalue weighted by atomic mass is 10.1. The molecule has 25 heavy (non-hydrogen) atoms. The maximum absolute atomic E-state index is 11.1. The lowest BCUT2D eigenvalue weighted by Gasteiger charge is -2.31. The first kappa shape index (κ1) is 15.4. The van der Waals surface area contributed by atoms with Gasteiger partial charge in [-0.25, -0.2) is 14.3 Å². The van der Waals surface area contributed by atoms with Gasteiger partial charge in [0.05, 0.1) is 29.8 Å². The highest BCUT2D eigenvalue weighted by Crippen LogP contribution is 2.23. The zero-order chi connectivity index (χ0) is 17.2. The fourth-order valence-corrected chi connectivity index (χ4v) is 3.18. The predicted molar refractivity (Wildman–Crippen MR) is 92.5 cm³/mol. The molecule has 8 nitrogen and oxygen atoms in total. The van der Waals surface area contributed by atoms with Crippen LogP contribution < -0.4 is 5.32 Å². The Morgan fingerprint density at radius 3 is 3.08 bits per heavy atom. The number of amides is 1. The molecular formula is C17H18N6O2. The third-order valence-electron chi connectivity index (χ3n) is 4.38. The molecule has 1 fully saturated rings.